The molecule has 0 aliphatic rings. The number of carbonyl (C=O) groups is 1. The Balaban J connectivity index is 2.22. The predicted octanol–water partition coefficient (Wildman–Crippen LogP) is 3.77. The van der Waals surface area contributed by atoms with E-state index in [4.69, 9.17) is 10.7 Å². The van der Waals surface area contributed by atoms with Crippen molar-refractivity contribution in [2.24, 2.45) is 0 Å². The fourth-order valence-electron chi connectivity index (χ4n) is 1.58. The maximum absolute atomic E-state index is 13.4. The van der Waals surface area contributed by atoms with E-state index < -0.39 is 20.8 Å². The van der Waals surface area contributed by atoms with Crippen LogP contribution < -0.4 is 5.32 Å². The van der Waals surface area contributed by atoms with Crippen molar-refractivity contribution in [2.45, 2.75) is 4.90 Å². The summed E-state index contributed by atoms with van der Waals surface area (Å²) in [6.07, 6.45) is 0. The summed E-state index contributed by atoms with van der Waals surface area (Å²) in [7, 11) is 1.38. The van der Waals surface area contributed by atoms with Crippen LogP contribution in [0, 0.1) is 5.82 Å². The molecule has 0 aliphatic carbocycles. The van der Waals surface area contributed by atoms with E-state index in [9.17, 15) is 17.6 Å². The lowest BCUT2D eigenvalue weighted by molar-refractivity contribution is 0.102. The summed E-state index contributed by atoms with van der Waals surface area (Å²) in [6, 6.07) is 9.40. The van der Waals surface area contributed by atoms with Crippen molar-refractivity contribution in [3.05, 3.63) is 58.3 Å². The van der Waals surface area contributed by atoms with E-state index in [1.165, 1.54) is 42.5 Å². The molecule has 0 saturated carbocycles. The molecule has 4 nitrogen and oxygen atoms in total. The van der Waals surface area contributed by atoms with Gasteiger partial charge >= 0.3 is 0 Å². The van der Waals surface area contributed by atoms with Crippen LogP contribution in [0.3, 0.4) is 0 Å². The second-order valence-electron chi connectivity index (χ2n) is 4.02. The molecule has 2 rings (SSSR count). The number of carbonyl (C=O) groups excluding carboxylic acids is 1. The van der Waals surface area contributed by atoms with Crippen LogP contribution in [0.2, 0.25) is 0 Å². The van der Waals surface area contributed by atoms with E-state index >= 15 is 0 Å². The molecule has 0 unspecified atom stereocenters. The van der Waals surface area contributed by atoms with E-state index in [0.717, 1.165) is 0 Å². The van der Waals surface area contributed by atoms with Crippen LogP contribution in [0.4, 0.5) is 10.1 Å². The lowest BCUT2D eigenvalue weighted by Crippen LogP contribution is -2.13. The molecule has 0 heterocycles. The fraction of sp³-hybridized carbons (Fsp3) is 0. The van der Waals surface area contributed by atoms with Crippen molar-refractivity contribution < 1.29 is 17.6 Å². The van der Waals surface area contributed by atoms with Gasteiger partial charge in [0.2, 0.25) is 0 Å². The van der Waals surface area contributed by atoms with Crippen LogP contribution in [0.5, 0.6) is 0 Å². The maximum atomic E-state index is 13.4. The minimum atomic E-state index is -3.81. The molecule has 0 spiro atoms. The molecule has 0 bridgehead atoms. The fourth-order valence-corrected chi connectivity index (χ4v) is 2.79. The summed E-state index contributed by atoms with van der Waals surface area (Å²) < 4.78 is 35.6. The largest absolute Gasteiger partial charge is 0.322 e. The summed E-state index contributed by atoms with van der Waals surface area (Å²) in [4.78, 5) is 11.9. The number of halogens is 3. The van der Waals surface area contributed by atoms with Crippen LogP contribution in [-0.4, -0.2) is 14.3 Å². The lowest BCUT2D eigenvalue weighted by atomic mass is 10.2. The van der Waals surface area contributed by atoms with Crippen molar-refractivity contribution in [1.29, 1.82) is 0 Å². The summed E-state index contributed by atoms with van der Waals surface area (Å²) >= 11 is 3.00. The molecule has 0 saturated heterocycles. The molecule has 8 heteroatoms. The molecule has 1 amide bonds. The normalized spacial score (nSPS) is 11.2. The average Bonchev–Trinajstić information content (AvgIpc) is 2.41. The predicted molar refractivity (Wildman–Crippen MR) is 81.5 cm³/mol. The maximum Gasteiger partial charge on any atom is 0.261 e. The highest BCUT2D eigenvalue weighted by Crippen LogP contribution is 2.22. The minimum Gasteiger partial charge on any atom is -0.322 e. The van der Waals surface area contributed by atoms with Gasteiger partial charge in [0.05, 0.1) is 14.9 Å². The lowest BCUT2D eigenvalue weighted by Gasteiger charge is -2.07. The Hall–Kier alpha value is -1.44. The quantitative estimate of drug-likeness (QED) is 0.809. The van der Waals surface area contributed by atoms with Crippen molar-refractivity contribution in [1.82, 2.24) is 0 Å². The molecule has 0 atom stereocenters. The number of amides is 1. The zero-order valence-corrected chi connectivity index (χ0v) is 13.5. The van der Waals surface area contributed by atoms with Crippen LogP contribution >= 0.6 is 26.6 Å². The first-order valence-electron chi connectivity index (χ1n) is 5.59. The Morgan fingerprint density at radius 1 is 1.14 bits per heavy atom. The summed E-state index contributed by atoms with van der Waals surface area (Å²) in [5, 5.41) is 2.53. The molecule has 0 radical (unpaired) electrons. The van der Waals surface area contributed by atoms with Gasteiger partial charge in [-0.2, -0.15) is 0 Å². The van der Waals surface area contributed by atoms with Crippen molar-refractivity contribution in [3.63, 3.8) is 0 Å². The minimum absolute atomic E-state index is 0.0578. The third kappa shape index (κ3) is 3.81. The highest BCUT2D eigenvalue weighted by atomic mass is 79.9. The van der Waals surface area contributed by atoms with Gasteiger partial charge in [0, 0.05) is 16.4 Å². The van der Waals surface area contributed by atoms with E-state index in [1.54, 1.807) is 0 Å². The van der Waals surface area contributed by atoms with Crippen molar-refractivity contribution in [3.8, 4) is 0 Å². The van der Waals surface area contributed by atoms with E-state index in [1.807, 2.05) is 0 Å². The molecule has 110 valence electrons. The van der Waals surface area contributed by atoms with E-state index in [0.29, 0.717) is 5.69 Å². The Morgan fingerprint density at radius 3 is 2.33 bits per heavy atom. The highest BCUT2D eigenvalue weighted by Gasteiger charge is 2.14. The molecule has 21 heavy (non-hydrogen) atoms. The first kappa shape index (κ1) is 15.9. The number of hydrogen-bond donors (Lipinski definition) is 1. The van der Waals surface area contributed by atoms with Crippen LogP contribution in [-0.2, 0) is 9.05 Å². The molecule has 0 aromatic heterocycles. The summed E-state index contributed by atoms with van der Waals surface area (Å²) in [5.74, 6) is -1.07. The number of hydrogen-bond acceptors (Lipinski definition) is 3. The van der Waals surface area contributed by atoms with Gasteiger partial charge in [-0.15, -0.1) is 0 Å². The molecular formula is C13H8BrClFNO3S. The monoisotopic (exact) mass is 391 g/mol. The highest BCUT2D eigenvalue weighted by molar-refractivity contribution is 9.10. The Bertz CT molecular complexity index is 794. The van der Waals surface area contributed by atoms with Gasteiger partial charge in [0.1, 0.15) is 5.82 Å². The first-order chi connectivity index (χ1) is 9.79. The second-order valence-corrected chi connectivity index (χ2v) is 7.38. The van der Waals surface area contributed by atoms with E-state index in [-0.39, 0.29) is 14.9 Å². The standard InChI is InChI=1S/C13H8BrClFNO3S/c14-12-10(2-1-3-11(12)16)13(18)17-8-4-6-9(7-5-8)21(15,19)20/h1-7H,(H,17,18). The molecule has 2 aromatic rings. The number of nitrogens with one attached hydrogen (secondary N) is 1. The Morgan fingerprint density at radius 2 is 1.76 bits per heavy atom. The van der Waals surface area contributed by atoms with Gasteiger partial charge < -0.3 is 5.32 Å². The van der Waals surface area contributed by atoms with Gasteiger partial charge in [-0.1, -0.05) is 6.07 Å². The zero-order chi connectivity index (χ0) is 15.6. The average molecular weight is 393 g/mol. The van der Waals surface area contributed by atoms with Gasteiger partial charge in [-0.3, -0.25) is 4.79 Å². The molecule has 0 aliphatic heterocycles. The molecule has 1 N–H and O–H groups in total. The zero-order valence-electron chi connectivity index (χ0n) is 10.3. The first-order valence-corrected chi connectivity index (χ1v) is 8.69. The number of rotatable bonds is 3. The Labute approximate surface area is 133 Å². The third-order valence-corrected chi connectivity index (χ3v) is 4.77. The van der Waals surface area contributed by atoms with Crippen LogP contribution in [0.1, 0.15) is 10.4 Å². The third-order valence-electron chi connectivity index (χ3n) is 2.59. The topological polar surface area (TPSA) is 63.2 Å². The molecule has 0 fully saturated rings. The number of anilines is 1. The molecular weight excluding hydrogens is 385 g/mol. The molecule has 2 aromatic carbocycles. The van der Waals surface area contributed by atoms with Crippen molar-refractivity contribution in [2.75, 3.05) is 5.32 Å². The summed E-state index contributed by atoms with van der Waals surface area (Å²) in [5.41, 5.74) is 0.490. The van der Waals surface area contributed by atoms with Crippen molar-refractivity contribution >= 4 is 47.3 Å². The van der Waals surface area contributed by atoms with Gasteiger partial charge in [0.15, 0.2) is 0 Å². The van der Waals surface area contributed by atoms with Gasteiger partial charge in [-0.25, -0.2) is 12.8 Å². The van der Waals surface area contributed by atoms with Crippen LogP contribution in [0.15, 0.2) is 51.8 Å². The second kappa shape index (κ2) is 6.13. The van der Waals surface area contributed by atoms with Crippen LogP contribution in [0.25, 0.3) is 0 Å². The SMILES string of the molecule is O=C(Nc1ccc(S(=O)(=O)Cl)cc1)c1cccc(F)c1Br. The summed E-state index contributed by atoms with van der Waals surface area (Å²) in [6.45, 7) is 0. The smallest absolute Gasteiger partial charge is 0.261 e. The van der Waals surface area contributed by atoms with E-state index in [2.05, 4.69) is 21.2 Å². The van der Waals surface area contributed by atoms with Gasteiger partial charge in [-0.05, 0) is 52.3 Å². The van der Waals surface area contributed by atoms with Gasteiger partial charge in [0.25, 0.3) is 15.0 Å². The Kier molecular flexibility index (Phi) is 4.65. The number of benzene rings is 2.